The normalized spacial score (nSPS) is 14.6. The van der Waals surface area contributed by atoms with Gasteiger partial charge in [0.15, 0.2) is 5.75 Å². The molecule has 1 saturated heterocycles. The number of hydrogen-bond acceptors (Lipinski definition) is 6. The number of imide groups is 2. The molecule has 1 aliphatic rings. The van der Waals surface area contributed by atoms with E-state index in [1.165, 1.54) is 24.3 Å². The first-order valence-corrected chi connectivity index (χ1v) is 12.1. The minimum atomic E-state index is -0.827. The van der Waals surface area contributed by atoms with Gasteiger partial charge in [0.1, 0.15) is 12.2 Å². The molecule has 3 aromatic rings. The van der Waals surface area contributed by atoms with Crippen LogP contribution in [0.2, 0.25) is 5.02 Å². The zero-order chi connectivity index (χ0) is 26.9. The summed E-state index contributed by atoms with van der Waals surface area (Å²) in [5.74, 6) is -1.26. The molecule has 0 saturated carbocycles. The van der Waals surface area contributed by atoms with E-state index in [0.29, 0.717) is 27.0 Å². The predicted molar refractivity (Wildman–Crippen MR) is 141 cm³/mol. The number of halogens is 2. The van der Waals surface area contributed by atoms with E-state index in [4.69, 9.17) is 16.3 Å². The number of nitro groups is 1. The number of non-ortho nitro benzene ring substituents is 1. The Hall–Kier alpha value is -4.02. The molecule has 37 heavy (non-hydrogen) atoms. The SMILES string of the molecule is Cc1cc(C)cc(N2C(=O)NC(=O)/C(=C\c3cc(Cl)c(OCc4ccc([N+](=O)[O-])cc4)c(Br)c3)C2=O)c1. The van der Waals surface area contributed by atoms with Gasteiger partial charge in [-0.05, 0) is 94.5 Å². The van der Waals surface area contributed by atoms with Crippen molar-refractivity contribution in [1.29, 1.82) is 0 Å². The van der Waals surface area contributed by atoms with Crippen LogP contribution < -0.4 is 15.0 Å². The highest BCUT2D eigenvalue weighted by molar-refractivity contribution is 9.10. The van der Waals surface area contributed by atoms with E-state index < -0.39 is 22.8 Å². The zero-order valence-electron chi connectivity index (χ0n) is 19.6. The fourth-order valence-electron chi connectivity index (χ4n) is 3.81. The molecule has 1 fully saturated rings. The van der Waals surface area contributed by atoms with Crippen molar-refractivity contribution < 1.29 is 24.0 Å². The summed E-state index contributed by atoms with van der Waals surface area (Å²) in [5.41, 5.74) is 2.93. The standard InChI is InChI=1S/C26H19BrClN3O6/c1-14-7-15(2)9-19(8-14)30-25(33)20(24(32)29-26(30)34)10-17-11-21(27)23(22(28)12-17)37-13-16-3-5-18(6-4-16)31(35)36/h3-12H,13H2,1-2H3,(H,29,32,34)/b20-10+. The first-order chi connectivity index (χ1) is 17.5. The number of nitrogens with zero attached hydrogens (tertiary/aromatic N) is 2. The molecular weight excluding hydrogens is 566 g/mol. The van der Waals surface area contributed by atoms with Gasteiger partial charge in [-0.25, -0.2) is 9.69 Å². The Morgan fingerprint density at radius 3 is 2.30 bits per heavy atom. The van der Waals surface area contributed by atoms with Crippen molar-refractivity contribution in [2.45, 2.75) is 20.5 Å². The van der Waals surface area contributed by atoms with Gasteiger partial charge >= 0.3 is 6.03 Å². The predicted octanol–water partition coefficient (Wildman–Crippen LogP) is 5.87. The first-order valence-electron chi connectivity index (χ1n) is 10.9. The topological polar surface area (TPSA) is 119 Å². The second-order valence-corrected chi connectivity index (χ2v) is 9.59. The maximum atomic E-state index is 13.2. The van der Waals surface area contributed by atoms with Gasteiger partial charge in [-0.2, -0.15) is 0 Å². The summed E-state index contributed by atoms with van der Waals surface area (Å²) in [6.07, 6.45) is 1.34. The fraction of sp³-hybridized carbons (Fsp3) is 0.115. The van der Waals surface area contributed by atoms with Crippen LogP contribution in [0.1, 0.15) is 22.3 Å². The summed E-state index contributed by atoms with van der Waals surface area (Å²) in [6, 6.07) is 13.5. The molecule has 0 radical (unpaired) electrons. The lowest BCUT2D eigenvalue weighted by atomic mass is 10.1. The van der Waals surface area contributed by atoms with Gasteiger partial charge in [0.25, 0.3) is 17.5 Å². The molecule has 0 spiro atoms. The van der Waals surface area contributed by atoms with Crippen LogP contribution in [0.25, 0.3) is 6.08 Å². The third kappa shape index (κ3) is 5.71. The Bertz CT molecular complexity index is 1440. The number of nitrogens with one attached hydrogen (secondary N) is 1. The van der Waals surface area contributed by atoms with Gasteiger partial charge in [0.2, 0.25) is 0 Å². The van der Waals surface area contributed by atoms with E-state index >= 15 is 0 Å². The van der Waals surface area contributed by atoms with Gasteiger partial charge in [-0.1, -0.05) is 17.7 Å². The van der Waals surface area contributed by atoms with Gasteiger partial charge in [-0.15, -0.1) is 0 Å². The summed E-state index contributed by atoms with van der Waals surface area (Å²) in [4.78, 5) is 49.5. The first kappa shape index (κ1) is 26.1. The Kier molecular flexibility index (Phi) is 7.42. The Morgan fingerprint density at radius 2 is 1.70 bits per heavy atom. The number of benzene rings is 3. The fourth-order valence-corrected chi connectivity index (χ4v) is 4.80. The number of ether oxygens (including phenoxy) is 1. The molecule has 1 aliphatic heterocycles. The Balaban J connectivity index is 1.59. The lowest BCUT2D eigenvalue weighted by molar-refractivity contribution is -0.384. The molecule has 0 unspecified atom stereocenters. The van der Waals surface area contributed by atoms with Crippen LogP contribution in [0.15, 0.2) is 64.6 Å². The third-order valence-electron chi connectivity index (χ3n) is 5.43. The van der Waals surface area contributed by atoms with Crippen molar-refractivity contribution in [3.63, 3.8) is 0 Å². The average Bonchev–Trinajstić information content (AvgIpc) is 2.81. The molecule has 0 aliphatic carbocycles. The molecule has 188 valence electrons. The number of barbiturate groups is 1. The monoisotopic (exact) mass is 583 g/mol. The summed E-state index contributed by atoms with van der Waals surface area (Å²) in [6.45, 7) is 3.79. The number of carbonyl (C=O) groups excluding carboxylic acids is 3. The highest BCUT2D eigenvalue weighted by Gasteiger charge is 2.37. The van der Waals surface area contributed by atoms with E-state index in [1.807, 2.05) is 19.9 Å². The largest absolute Gasteiger partial charge is 0.486 e. The van der Waals surface area contributed by atoms with E-state index in [1.54, 1.807) is 30.3 Å². The molecule has 0 atom stereocenters. The minimum Gasteiger partial charge on any atom is -0.486 e. The van der Waals surface area contributed by atoms with Gasteiger partial charge in [0.05, 0.1) is 20.1 Å². The van der Waals surface area contributed by atoms with E-state index in [9.17, 15) is 24.5 Å². The Labute approximate surface area is 225 Å². The van der Waals surface area contributed by atoms with Crippen LogP contribution in [0.4, 0.5) is 16.2 Å². The summed E-state index contributed by atoms with van der Waals surface area (Å²) >= 11 is 9.81. The molecule has 11 heteroatoms. The quantitative estimate of drug-likeness (QED) is 0.167. The third-order valence-corrected chi connectivity index (χ3v) is 6.30. The number of carbonyl (C=O) groups is 3. The average molecular weight is 585 g/mol. The minimum absolute atomic E-state index is 0.0283. The molecule has 3 aromatic carbocycles. The molecule has 4 rings (SSSR count). The number of aryl methyl sites for hydroxylation is 2. The van der Waals surface area contributed by atoms with Crippen molar-refractivity contribution >= 4 is 62.8 Å². The second kappa shape index (κ2) is 10.5. The molecule has 4 amide bonds. The number of rotatable bonds is 6. The highest BCUT2D eigenvalue weighted by Crippen LogP contribution is 2.36. The van der Waals surface area contributed by atoms with Crippen molar-refractivity contribution in [3.8, 4) is 5.75 Å². The highest BCUT2D eigenvalue weighted by atomic mass is 79.9. The smallest absolute Gasteiger partial charge is 0.335 e. The summed E-state index contributed by atoms with van der Waals surface area (Å²) in [7, 11) is 0. The van der Waals surface area contributed by atoms with Crippen molar-refractivity contribution in [2.24, 2.45) is 0 Å². The van der Waals surface area contributed by atoms with E-state index in [0.717, 1.165) is 16.0 Å². The van der Waals surface area contributed by atoms with Crippen LogP contribution in [-0.4, -0.2) is 22.8 Å². The number of hydrogen-bond donors (Lipinski definition) is 1. The van der Waals surface area contributed by atoms with E-state index in [2.05, 4.69) is 21.2 Å². The van der Waals surface area contributed by atoms with Crippen LogP contribution in [-0.2, 0) is 16.2 Å². The Morgan fingerprint density at radius 1 is 1.05 bits per heavy atom. The number of anilines is 1. The van der Waals surface area contributed by atoms with Crippen LogP contribution in [0, 0.1) is 24.0 Å². The van der Waals surface area contributed by atoms with Gasteiger partial charge in [-0.3, -0.25) is 25.0 Å². The molecule has 0 aromatic heterocycles. The molecule has 9 nitrogen and oxygen atoms in total. The summed E-state index contributed by atoms with van der Waals surface area (Å²) in [5, 5.41) is 13.2. The van der Waals surface area contributed by atoms with Crippen molar-refractivity contribution in [3.05, 3.63) is 102 Å². The van der Waals surface area contributed by atoms with E-state index in [-0.39, 0.29) is 22.9 Å². The van der Waals surface area contributed by atoms with Crippen LogP contribution in [0.5, 0.6) is 5.75 Å². The maximum absolute atomic E-state index is 13.2. The molecule has 1 N–H and O–H groups in total. The molecule has 0 bridgehead atoms. The van der Waals surface area contributed by atoms with Crippen molar-refractivity contribution in [2.75, 3.05) is 4.90 Å². The van der Waals surface area contributed by atoms with Crippen LogP contribution in [0.3, 0.4) is 0 Å². The lowest BCUT2D eigenvalue weighted by Gasteiger charge is -2.27. The second-order valence-electron chi connectivity index (χ2n) is 8.33. The number of amides is 4. The molecular formula is C26H19BrClN3O6. The molecule has 1 heterocycles. The van der Waals surface area contributed by atoms with Crippen LogP contribution >= 0.6 is 27.5 Å². The summed E-state index contributed by atoms with van der Waals surface area (Å²) < 4.78 is 6.24. The van der Waals surface area contributed by atoms with Gasteiger partial charge in [0, 0.05) is 12.1 Å². The number of urea groups is 1. The van der Waals surface area contributed by atoms with Crippen molar-refractivity contribution in [1.82, 2.24) is 5.32 Å². The lowest BCUT2D eigenvalue weighted by Crippen LogP contribution is -2.54. The van der Waals surface area contributed by atoms with Gasteiger partial charge < -0.3 is 4.74 Å². The maximum Gasteiger partial charge on any atom is 0.335 e. The number of nitro benzene ring substituents is 1. The zero-order valence-corrected chi connectivity index (χ0v) is 21.9.